The maximum atomic E-state index is 12.8. The van der Waals surface area contributed by atoms with E-state index in [9.17, 15) is 4.79 Å². The van der Waals surface area contributed by atoms with Crippen LogP contribution in [0.3, 0.4) is 0 Å². The fourth-order valence-electron chi connectivity index (χ4n) is 3.80. The average Bonchev–Trinajstić information content (AvgIpc) is 3.29. The first-order valence-electron chi connectivity index (χ1n) is 10.2. The number of aromatic nitrogens is 2. The summed E-state index contributed by atoms with van der Waals surface area (Å²) < 4.78 is 10.5. The van der Waals surface area contributed by atoms with Gasteiger partial charge in [-0.1, -0.05) is 23.7 Å². The van der Waals surface area contributed by atoms with Gasteiger partial charge in [-0.25, -0.2) is 0 Å². The number of nitrogens with zero attached hydrogens (tertiary/aromatic N) is 2. The zero-order valence-corrected chi connectivity index (χ0v) is 18.3. The van der Waals surface area contributed by atoms with Crippen molar-refractivity contribution in [3.8, 4) is 22.8 Å². The van der Waals surface area contributed by atoms with Crippen molar-refractivity contribution >= 4 is 23.3 Å². The lowest BCUT2D eigenvalue weighted by Gasteiger charge is -2.33. The SMILES string of the molecule is COc1ccc(C(=O)N[C@H]2CCCN(c3cc(-c4ccc(Cl)cc4)[nH]n3)C2)cc1OC. The molecule has 2 heterocycles. The molecule has 4 rings (SSSR count). The van der Waals surface area contributed by atoms with Crippen molar-refractivity contribution in [2.24, 2.45) is 0 Å². The first-order valence-corrected chi connectivity index (χ1v) is 10.5. The molecule has 1 saturated heterocycles. The van der Waals surface area contributed by atoms with E-state index >= 15 is 0 Å². The Labute approximate surface area is 186 Å². The quantitative estimate of drug-likeness (QED) is 0.602. The summed E-state index contributed by atoms with van der Waals surface area (Å²) in [6.45, 7) is 1.59. The number of H-pyrrole nitrogens is 1. The second-order valence-corrected chi connectivity index (χ2v) is 7.91. The van der Waals surface area contributed by atoms with E-state index in [1.54, 1.807) is 32.4 Å². The number of hydrogen-bond donors (Lipinski definition) is 2. The van der Waals surface area contributed by atoms with Crippen molar-refractivity contribution in [2.45, 2.75) is 18.9 Å². The van der Waals surface area contributed by atoms with Crippen molar-refractivity contribution < 1.29 is 14.3 Å². The van der Waals surface area contributed by atoms with Crippen LogP contribution in [0, 0.1) is 0 Å². The molecule has 1 aromatic heterocycles. The van der Waals surface area contributed by atoms with Gasteiger partial charge < -0.3 is 19.7 Å². The minimum Gasteiger partial charge on any atom is -0.493 e. The number of nitrogens with one attached hydrogen (secondary N) is 2. The van der Waals surface area contributed by atoms with Gasteiger partial charge in [-0.3, -0.25) is 9.89 Å². The fraction of sp³-hybridized carbons (Fsp3) is 0.304. The average molecular weight is 441 g/mol. The molecule has 0 bridgehead atoms. The molecule has 1 aliphatic rings. The number of rotatable bonds is 6. The minimum atomic E-state index is -0.128. The third-order valence-corrected chi connectivity index (χ3v) is 5.70. The minimum absolute atomic E-state index is 0.0324. The molecule has 1 aliphatic heterocycles. The van der Waals surface area contributed by atoms with Gasteiger partial charge in [0, 0.05) is 35.8 Å². The number of amides is 1. The summed E-state index contributed by atoms with van der Waals surface area (Å²) in [7, 11) is 3.13. The molecule has 0 saturated carbocycles. The van der Waals surface area contributed by atoms with Crippen molar-refractivity contribution in [1.29, 1.82) is 0 Å². The van der Waals surface area contributed by atoms with Gasteiger partial charge in [0.25, 0.3) is 5.91 Å². The molecular weight excluding hydrogens is 416 g/mol. The second kappa shape index (κ2) is 9.31. The lowest BCUT2D eigenvalue weighted by molar-refractivity contribution is 0.0932. The molecule has 3 aromatic rings. The van der Waals surface area contributed by atoms with Crippen LogP contribution in [0.4, 0.5) is 5.82 Å². The van der Waals surface area contributed by atoms with Gasteiger partial charge in [0.2, 0.25) is 0 Å². The van der Waals surface area contributed by atoms with Crippen LogP contribution in [0.1, 0.15) is 23.2 Å². The number of aromatic amines is 1. The van der Waals surface area contributed by atoms with Gasteiger partial charge in [-0.15, -0.1) is 0 Å². The molecule has 1 amide bonds. The van der Waals surface area contributed by atoms with Crippen molar-refractivity contribution in [3.63, 3.8) is 0 Å². The number of methoxy groups -OCH3 is 2. The van der Waals surface area contributed by atoms with Crippen LogP contribution in [-0.2, 0) is 0 Å². The highest BCUT2D eigenvalue weighted by Gasteiger charge is 2.24. The van der Waals surface area contributed by atoms with Gasteiger partial charge in [0.15, 0.2) is 17.3 Å². The molecule has 0 aliphatic carbocycles. The number of ether oxygens (including phenoxy) is 2. The molecule has 1 atom stereocenters. The Hall–Kier alpha value is -3.19. The Morgan fingerprint density at radius 1 is 1.13 bits per heavy atom. The summed E-state index contributed by atoms with van der Waals surface area (Å²) >= 11 is 5.98. The summed E-state index contributed by atoms with van der Waals surface area (Å²) in [6, 6.07) is 14.9. The predicted octanol–water partition coefficient (Wildman–Crippen LogP) is 4.15. The van der Waals surface area contributed by atoms with Gasteiger partial charge in [-0.2, -0.15) is 5.10 Å². The van der Waals surface area contributed by atoms with Gasteiger partial charge in [0.1, 0.15) is 0 Å². The van der Waals surface area contributed by atoms with Crippen LogP contribution in [-0.4, -0.2) is 49.5 Å². The van der Waals surface area contributed by atoms with Crippen LogP contribution >= 0.6 is 11.6 Å². The molecule has 1 fully saturated rings. The van der Waals surface area contributed by atoms with Crippen LogP contribution in [0.15, 0.2) is 48.5 Å². The van der Waals surface area contributed by atoms with Gasteiger partial charge >= 0.3 is 0 Å². The van der Waals surface area contributed by atoms with Crippen molar-refractivity contribution in [1.82, 2.24) is 15.5 Å². The van der Waals surface area contributed by atoms with E-state index in [2.05, 4.69) is 20.4 Å². The smallest absolute Gasteiger partial charge is 0.251 e. The van der Waals surface area contributed by atoms with Gasteiger partial charge in [0.05, 0.1) is 19.9 Å². The van der Waals surface area contributed by atoms with E-state index in [1.807, 2.05) is 30.3 Å². The summed E-state index contributed by atoms with van der Waals surface area (Å²) in [4.78, 5) is 15.0. The van der Waals surface area contributed by atoms with E-state index in [-0.39, 0.29) is 11.9 Å². The van der Waals surface area contributed by atoms with Crippen LogP contribution in [0.5, 0.6) is 11.5 Å². The Kier molecular flexibility index (Phi) is 6.32. The maximum absolute atomic E-state index is 12.8. The summed E-state index contributed by atoms with van der Waals surface area (Å²) in [6.07, 6.45) is 1.89. The largest absolute Gasteiger partial charge is 0.493 e. The highest BCUT2D eigenvalue weighted by atomic mass is 35.5. The number of benzene rings is 2. The predicted molar refractivity (Wildman–Crippen MR) is 121 cm³/mol. The zero-order chi connectivity index (χ0) is 21.8. The Bertz CT molecular complexity index is 1050. The zero-order valence-electron chi connectivity index (χ0n) is 17.5. The third kappa shape index (κ3) is 4.77. The summed E-state index contributed by atoms with van der Waals surface area (Å²) in [5, 5.41) is 11.4. The number of halogens is 1. The standard InChI is InChI=1S/C23H25ClN4O3/c1-30-20-10-7-16(12-21(20)31-2)23(29)25-18-4-3-11-28(14-18)22-13-19(26-27-22)15-5-8-17(24)9-6-15/h5-10,12-13,18H,3-4,11,14H2,1-2H3,(H,25,29)(H,26,27)/t18-/m0/s1. The number of hydrogen-bond acceptors (Lipinski definition) is 5. The molecule has 162 valence electrons. The second-order valence-electron chi connectivity index (χ2n) is 7.48. The molecule has 0 radical (unpaired) electrons. The monoisotopic (exact) mass is 440 g/mol. The van der Waals surface area contributed by atoms with E-state index in [0.29, 0.717) is 28.6 Å². The maximum Gasteiger partial charge on any atom is 0.251 e. The van der Waals surface area contributed by atoms with Crippen LogP contribution < -0.4 is 19.7 Å². The lowest BCUT2D eigenvalue weighted by atomic mass is 10.0. The molecule has 2 N–H and O–H groups in total. The van der Waals surface area contributed by atoms with Gasteiger partial charge in [-0.05, 0) is 48.7 Å². The van der Waals surface area contributed by atoms with Crippen LogP contribution in [0.25, 0.3) is 11.3 Å². The Balaban J connectivity index is 1.42. The number of carbonyl (C=O) groups excluding carboxylic acids is 1. The fourth-order valence-corrected chi connectivity index (χ4v) is 3.93. The van der Waals surface area contributed by atoms with E-state index in [4.69, 9.17) is 21.1 Å². The Morgan fingerprint density at radius 2 is 1.90 bits per heavy atom. The highest BCUT2D eigenvalue weighted by Crippen LogP contribution is 2.28. The van der Waals surface area contributed by atoms with Crippen molar-refractivity contribution in [3.05, 3.63) is 59.1 Å². The van der Waals surface area contributed by atoms with Crippen LogP contribution in [0.2, 0.25) is 5.02 Å². The van der Waals surface area contributed by atoms with E-state index < -0.39 is 0 Å². The number of carbonyl (C=O) groups is 1. The number of anilines is 1. The topological polar surface area (TPSA) is 79.5 Å². The highest BCUT2D eigenvalue weighted by molar-refractivity contribution is 6.30. The summed E-state index contributed by atoms with van der Waals surface area (Å²) in [5.74, 6) is 1.87. The van der Waals surface area contributed by atoms with E-state index in [0.717, 1.165) is 36.5 Å². The molecule has 0 spiro atoms. The summed E-state index contributed by atoms with van der Waals surface area (Å²) in [5.41, 5.74) is 2.50. The normalized spacial score (nSPS) is 16.1. The molecule has 7 nitrogen and oxygen atoms in total. The lowest BCUT2D eigenvalue weighted by Crippen LogP contribution is -2.48. The molecule has 2 aromatic carbocycles. The molecule has 31 heavy (non-hydrogen) atoms. The van der Waals surface area contributed by atoms with Crippen molar-refractivity contribution in [2.75, 3.05) is 32.2 Å². The Morgan fingerprint density at radius 3 is 2.65 bits per heavy atom. The molecular formula is C23H25ClN4O3. The molecule has 0 unspecified atom stereocenters. The first kappa shape index (κ1) is 21.1. The first-order chi connectivity index (χ1) is 15.1. The van der Waals surface area contributed by atoms with E-state index in [1.165, 1.54) is 0 Å². The number of piperidine rings is 1. The molecule has 8 heteroatoms. The third-order valence-electron chi connectivity index (χ3n) is 5.45.